The van der Waals surface area contributed by atoms with E-state index in [1.807, 2.05) is 38.4 Å². The molecule has 4 heteroatoms. The Labute approximate surface area is 103 Å². The van der Waals surface area contributed by atoms with Crippen LogP contribution in [0.2, 0.25) is 5.02 Å². The van der Waals surface area contributed by atoms with Crippen molar-refractivity contribution in [3.8, 4) is 0 Å². The third-order valence-electron chi connectivity index (χ3n) is 3.24. The Morgan fingerprint density at radius 3 is 2.31 bits per heavy atom. The Kier molecular flexibility index (Phi) is 4.33. The molecule has 0 aromatic heterocycles. The zero-order valence-corrected chi connectivity index (χ0v) is 11.0. The Bertz CT molecular complexity index is 350. The molecular formula is C12H20ClN3. The topological polar surface area (TPSA) is 41.3 Å². The molecule has 0 saturated carbocycles. The number of hydrogen-bond acceptors (Lipinski definition) is 3. The summed E-state index contributed by atoms with van der Waals surface area (Å²) in [6, 6.07) is 7.75. The second-order valence-electron chi connectivity index (χ2n) is 4.67. The number of nitrogens with two attached hydrogens (primary N) is 1. The average molecular weight is 242 g/mol. The van der Waals surface area contributed by atoms with E-state index in [1.54, 1.807) is 0 Å². The van der Waals surface area contributed by atoms with Crippen LogP contribution in [0.4, 0.5) is 0 Å². The van der Waals surface area contributed by atoms with Gasteiger partial charge in [0.15, 0.2) is 0 Å². The summed E-state index contributed by atoms with van der Waals surface area (Å²) in [5, 5.41) is 0.736. The first-order valence-electron chi connectivity index (χ1n) is 5.29. The van der Waals surface area contributed by atoms with E-state index in [0.717, 1.165) is 10.6 Å². The van der Waals surface area contributed by atoms with Crippen LogP contribution in [0.3, 0.4) is 0 Å². The van der Waals surface area contributed by atoms with Crippen molar-refractivity contribution in [2.45, 2.75) is 25.4 Å². The van der Waals surface area contributed by atoms with Crippen LogP contribution < -0.4 is 11.3 Å². The molecule has 1 aromatic carbocycles. The van der Waals surface area contributed by atoms with Crippen LogP contribution >= 0.6 is 11.6 Å². The molecule has 1 unspecified atom stereocenters. The lowest BCUT2D eigenvalue weighted by atomic mass is 9.88. The summed E-state index contributed by atoms with van der Waals surface area (Å²) < 4.78 is 0. The van der Waals surface area contributed by atoms with Gasteiger partial charge in [0.1, 0.15) is 0 Å². The fourth-order valence-corrected chi connectivity index (χ4v) is 1.89. The number of likely N-dealkylation sites (N-methyl/N-ethyl adjacent to an activating group) is 1. The first-order valence-corrected chi connectivity index (χ1v) is 5.67. The second-order valence-corrected chi connectivity index (χ2v) is 5.08. The number of halogens is 1. The van der Waals surface area contributed by atoms with Gasteiger partial charge in [0.2, 0.25) is 0 Å². The molecule has 0 bridgehead atoms. The van der Waals surface area contributed by atoms with Gasteiger partial charge < -0.3 is 4.90 Å². The van der Waals surface area contributed by atoms with Gasteiger partial charge in [-0.1, -0.05) is 29.8 Å². The van der Waals surface area contributed by atoms with Gasteiger partial charge in [-0.15, -0.1) is 0 Å². The molecule has 0 fully saturated rings. The lowest BCUT2D eigenvalue weighted by Crippen LogP contribution is -2.51. The largest absolute Gasteiger partial charge is 0.302 e. The molecule has 1 atom stereocenters. The van der Waals surface area contributed by atoms with Gasteiger partial charge in [0.05, 0.1) is 6.04 Å². The third-order valence-corrected chi connectivity index (χ3v) is 3.59. The lowest BCUT2D eigenvalue weighted by molar-refractivity contribution is 0.138. The quantitative estimate of drug-likeness (QED) is 0.627. The minimum atomic E-state index is -0.125. The number of hydrazine groups is 1. The van der Waals surface area contributed by atoms with E-state index in [-0.39, 0.29) is 11.6 Å². The molecule has 0 aliphatic carbocycles. The molecule has 90 valence electrons. The van der Waals surface area contributed by atoms with Crippen molar-refractivity contribution in [3.05, 3.63) is 34.9 Å². The number of benzene rings is 1. The van der Waals surface area contributed by atoms with E-state index in [9.17, 15) is 0 Å². The van der Waals surface area contributed by atoms with Crippen molar-refractivity contribution in [3.63, 3.8) is 0 Å². The molecule has 0 heterocycles. The van der Waals surface area contributed by atoms with E-state index in [0.29, 0.717) is 0 Å². The minimum absolute atomic E-state index is 0.0174. The molecule has 0 spiro atoms. The molecule has 0 aliphatic rings. The predicted octanol–water partition coefficient (Wildman–Crippen LogP) is 2.18. The van der Waals surface area contributed by atoms with E-state index in [2.05, 4.69) is 24.2 Å². The van der Waals surface area contributed by atoms with Gasteiger partial charge in [-0.05, 0) is 39.6 Å². The van der Waals surface area contributed by atoms with Crippen molar-refractivity contribution < 1.29 is 0 Å². The molecular weight excluding hydrogens is 222 g/mol. The van der Waals surface area contributed by atoms with Crippen molar-refractivity contribution in [2.24, 2.45) is 5.84 Å². The molecule has 1 aromatic rings. The van der Waals surface area contributed by atoms with Crippen molar-refractivity contribution in [1.82, 2.24) is 10.3 Å². The first-order chi connectivity index (χ1) is 7.41. The molecule has 0 radical (unpaired) electrons. The summed E-state index contributed by atoms with van der Waals surface area (Å²) in [5.74, 6) is 5.66. The fraction of sp³-hybridized carbons (Fsp3) is 0.500. The van der Waals surface area contributed by atoms with Gasteiger partial charge >= 0.3 is 0 Å². The maximum atomic E-state index is 6.19. The van der Waals surface area contributed by atoms with Crippen LogP contribution in [-0.4, -0.2) is 24.5 Å². The Morgan fingerprint density at radius 2 is 1.88 bits per heavy atom. The minimum Gasteiger partial charge on any atom is -0.302 e. The summed E-state index contributed by atoms with van der Waals surface area (Å²) in [6.07, 6.45) is 0. The number of rotatable bonds is 4. The Balaban J connectivity index is 3.13. The van der Waals surface area contributed by atoms with Crippen molar-refractivity contribution >= 4 is 11.6 Å². The van der Waals surface area contributed by atoms with E-state index in [1.165, 1.54) is 0 Å². The smallest absolute Gasteiger partial charge is 0.0652 e. The van der Waals surface area contributed by atoms with Gasteiger partial charge in [-0.3, -0.25) is 11.3 Å². The summed E-state index contributed by atoms with van der Waals surface area (Å²) >= 11 is 6.19. The van der Waals surface area contributed by atoms with Gasteiger partial charge in [-0.2, -0.15) is 0 Å². The highest BCUT2D eigenvalue weighted by Crippen LogP contribution is 2.32. The first kappa shape index (κ1) is 13.5. The SMILES string of the molecule is CN(C)C(C)(C)C(NN)c1ccccc1Cl. The average Bonchev–Trinajstić information content (AvgIpc) is 2.21. The van der Waals surface area contributed by atoms with Gasteiger partial charge in [0, 0.05) is 10.6 Å². The Morgan fingerprint density at radius 1 is 1.31 bits per heavy atom. The van der Waals surface area contributed by atoms with Crippen molar-refractivity contribution in [1.29, 1.82) is 0 Å². The second kappa shape index (κ2) is 5.15. The standard InChI is InChI=1S/C12H20ClN3/c1-12(2,16(3)4)11(15-14)9-7-5-6-8-10(9)13/h5-8,11,15H,14H2,1-4H3. The fourth-order valence-electron chi connectivity index (χ4n) is 1.64. The van der Waals surface area contributed by atoms with Gasteiger partial charge in [0.25, 0.3) is 0 Å². The van der Waals surface area contributed by atoms with Crippen LogP contribution in [-0.2, 0) is 0 Å². The highest BCUT2D eigenvalue weighted by atomic mass is 35.5. The normalized spacial score (nSPS) is 14.2. The highest BCUT2D eigenvalue weighted by molar-refractivity contribution is 6.31. The summed E-state index contributed by atoms with van der Waals surface area (Å²) in [4.78, 5) is 2.13. The van der Waals surface area contributed by atoms with Crippen LogP contribution in [0, 0.1) is 0 Å². The molecule has 1 rings (SSSR count). The van der Waals surface area contributed by atoms with Gasteiger partial charge in [-0.25, -0.2) is 0 Å². The van der Waals surface area contributed by atoms with E-state index < -0.39 is 0 Å². The molecule has 0 aliphatic heterocycles. The summed E-state index contributed by atoms with van der Waals surface area (Å²) in [6.45, 7) is 4.25. The number of hydrogen-bond donors (Lipinski definition) is 2. The molecule has 3 nitrogen and oxygen atoms in total. The van der Waals surface area contributed by atoms with Crippen LogP contribution in [0.25, 0.3) is 0 Å². The van der Waals surface area contributed by atoms with Crippen LogP contribution in [0.1, 0.15) is 25.5 Å². The van der Waals surface area contributed by atoms with E-state index >= 15 is 0 Å². The zero-order chi connectivity index (χ0) is 12.3. The molecule has 16 heavy (non-hydrogen) atoms. The van der Waals surface area contributed by atoms with Crippen LogP contribution in [0.15, 0.2) is 24.3 Å². The van der Waals surface area contributed by atoms with E-state index in [4.69, 9.17) is 17.4 Å². The maximum absolute atomic E-state index is 6.19. The highest BCUT2D eigenvalue weighted by Gasteiger charge is 2.33. The Hall–Kier alpha value is -0.610. The molecule has 0 saturated heterocycles. The zero-order valence-electron chi connectivity index (χ0n) is 10.3. The lowest BCUT2D eigenvalue weighted by Gasteiger charge is -2.40. The molecule has 3 N–H and O–H groups in total. The maximum Gasteiger partial charge on any atom is 0.0652 e. The number of nitrogens with zero attached hydrogens (tertiary/aromatic N) is 1. The number of nitrogens with one attached hydrogen (secondary N) is 1. The van der Waals surface area contributed by atoms with Crippen LogP contribution in [0.5, 0.6) is 0 Å². The third kappa shape index (κ3) is 2.55. The predicted molar refractivity (Wildman–Crippen MR) is 69.3 cm³/mol. The summed E-state index contributed by atoms with van der Waals surface area (Å²) in [7, 11) is 4.06. The molecule has 0 amide bonds. The summed E-state index contributed by atoms with van der Waals surface area (Å²) in [5.41, 5.74) is 3.75. The monoisotopic (exact) mass is 241 g/mol. The van der Waals surface area contributed by atoms with Crippen molar-refractivity contribution in [2.75, 3.05) is 14.1 Å².